The number of hydrogen-bond donors (Lipinski definition) is 1. The number of rotatable bonds is 6. The van der Waals surface area contributed by atoms with E-state index >= 15 is 0 Å². The molecule has 0 spiro atoms. The second-order valence-corrected chi connectivity index (χ2v) is 8.24. The number of hydrogen-bond acceptors (Lipinski definition) is 7. The van der Waals surface area contributed by atoms with E-state index in [0.717, 1.165) is 35.6 Å². The summed E-state index contributed by atoms with van der Waals surface area (Å²) in [4.78, 5) is 22.0. The summed E-state index contributed by atoms with van der Waals surface area (Å²) in [6.45, 7) is 2.95. The quantitative estimate of drug-likeness (QED) is 0.467. The maximum absolute atomic E-state index is 12.3. The van der Waals surface area contributed by atoms with Crippen LogP contribution in [0.3, 0.4) is 0 Å². The van der Waals surface area contributed by atoms with Crippen molar-refractivity contribution < 1.29 is 4.74 Å². The summed E-state index contributed by atoms with van der Waals surface area (Å²) < 4.78 is 7.58. The van der Waals surface area contributed by atoms with Crippen molar-refractivity contribution in [3.05, 3.63) is 70.8 Å². The third kappa shape index (κ3) is 4.19. The van der Waals surface area contributed by atoms with E-state index in [-0.39, 0.29) is 5.56 Å². The Morgan fingerprint density at radius 2 is 1.77 bits per heavy atom. The largest absolute Gasteiger partial charge is 0.378 e. The van der Waals surface area contributed by atoms with Gasteiger partial charge in [0.25, 0.3) is 5.56 Å². The summed E-state index contributed by atoms with van der Waals surface area (Å²) in [5.41, 5.74) is 1.63. The molecule has 0 bridgehead atoms. The lowest BCUT2D eigenvalue weighted by Crippen LogP contribution is -2.37. The molecule has 0 unspecified atom stereocenters. The molecule has 3 heterocycles. The summed E-state index contributed by atoms with van der Waals surface area (Å²) in [5.74, 6) is 2.22. The lowest BCUT2D eigenvalue weighted by molar-refractivity contribution is 0.122. The van der Waals surface area contributed by atoms with Gasteiger partial charge in [0.2, 0.25) is 5.95 Å². The fourth-order valence-corrected chi connectivity index (χ4v) is 4.51. The van der Waals surface area contributed by atoms with Crippen LogP contribution in [-0.4, -0.2) is 56.8 Å². The highest BCUT2D eigenvalue weighted by Gasteiger charge is 2.21. The lowest BCUT2D eigenvalue weighted by atomic mass is 10.2. The predicted molar refractivity (Wildman–Crippen MR) is 121 cm³/mol. The van der Waals surface area contributed by atoms with E-state index in [1.165, 1.54) is 0 Å². The molecule has 31 heavy (non-hydrogen) atoms. The van der Waals surface area contributed by atoms with E-state index in [0.29, 0.717) is 36.4 Å². The fraction of sp³-hybridized carbons (Fsp3) is 0.273. The molecule has 2 aromatic heterocycles. The first-order valence-electron chi connectivity index (χ1n) is 10.2. The molecule has 0 atom stereocenters. The topological polar surface area (TPSA) is 88.9 Å². The summed E-state index contributed by atoms with van der Waals surface area (Å²) in [5, 5.41) is 10.4. The van der Waals surface area contributed by atoms with Crippen molar-refractivity contribution in [3.63, 3.8) is 0 Å². The third-order valence-electron chi connectivity index (χ3n) is 5.16. The molecule has 1 saturated heterocycles. The molecule has 1 fully saturated rings. The number of thioether (sulfide) groups is 1. The molecular weight excluding hydrogens is 412 g/mol. The molecule has 0 amide bonds. The van der Waals surface area contributed by atoms with E-state index in [4.69, 9.17) is 4.74 Å². The summed E-state index contributed by atoms with van der Waals surface area (Å²) in [7, 11) is 0. The van der Waals surface area contributed by atoms with E-state index < -0.39 is 0 Å². The van der Waals surface area contributed by atoms with E-state index in [9.17, 15) is 4.79 Å². The average Bonchev–Trinajstić information content (AvgIpc) is 3.24. The van der Waals surface area contributed by atoms with Crippen molar-refractivity contribution in [2.75, 3.05) is 37.0 Å². The first-order chi connectivity index (χ1) is 15.3. The minimum absolute atomic E-state index is 0.104. The van der Waals surface area contributed by atoms with Gasteiger partial charge in [-0.1, -0.05) is 42.1 Å². The zero-order chi connectivity index (χ0) is 21.0. The molecule has 158 valence electrons. The highest BCUT2D eigenvalue weighted by atomic mass is 32.2. The molecule has 0 aliphatic carbocycles. The smallest absolute Gasteiger partial charge is 0.258 e. The van der Waals surface area contributed by atoms with Crippen LogP contribution in [0.1, 0.15) is 5.82 Å². The van der Waals surface area contributed by atoms with Gasteiger partial charge in [0, 0.05) is 25.3 Å². The second-order valence-electron chi connectivity index (χ2n) is 7.18. The minimum atomic E-state index is -0.104. The first-order valence-corrected chi connectivity index (χ1v) is 11.2. The van der Waals surface area contributed by atoms with Gasteiger partial charge in [0.1, 0.15) is 5.82 Å². The number of nitrogens with zero attached hydrogens (tertiary/aromatic N) is 5. The van der Waals surface area contributed by atoms with Crippen LogP contribution in [0.5, 0.6) is 0 Å². The molecule has 1 aliphatic heterocycles. The van der Waals surface area contributed by atoms with Gasteiger partial charge in [-0.25, -0.2) is 4.98 Å². The van der Waals surface area contributed by atoms with Crippen molar-refractivity contribution >= 4 is 28.6 Å². The third-order valence-corrected chi connectivity index (χ3v) is 6.09. The number of anilines is 1. The predicted octanol–water partition coefficient (Wildman–Crippen LogP) is 2.68. The molecular formula is C22H22N6O2S. The number of aromatic nitrogens is 5. The lowest BCUT2D eigenvalue weighted by Gasteiger charge is -2.27. The number of aryl methyl sites for hydroxylation is 1. The molecule has 0 saturated carbocycles. The van der Waals surface area contributed by atoms with Crippen molar-refractivity contribution in [2.45, 2.75) is 11.6 Å². The zero-order valence-electron chi connectivity index (χ0n) is 16.9. The summed E-state index contributed by atoms with van der Waals surface area (Å²) >= 11 is 1.60. The standard InChI is InChI=1S/C22H22N6O2S/c29-20-17-8-4-5-9-18(17)23-19(24-20)10-15-31-22-26-25-21(27-11-13-30-14-12-27)28(22)16-6-2-1-3-7-16/h1-9H,10-15H2,(H,23,24,29). The number of aromatic amines is 1. The Morgan fingerprint density at radius 1 is 1.00 bits per heavy atom. The molecule has 0 radical (unpaired) electrons. The van der Waals surface area contributed by atoms with Gasteiger partial charge in [-0.15, -0.1) is 10.2 Å². The Balaban J connectivity index is 1.38. The van der Waals surface area contributed by atoms with Crippen LogP contribution >= 0.6 is 11.8 Å². The molecule has 2 aromatic carbocycles. The van der Waals surface area contributed by atoms with Crippen molar-refractivity contribution in [1.82, 2.24) is 24.7 Å². The Hall–Kier alpha value is -3.17. The monoisotopic (exact) mass is 434 g/mol. The molecule has 4 aromatic rings. The molecule has 1 aliphatic rings. The van der Waals surface area contributed by atoms with Crippen LogP contribution in [0.15, 0.2) is 64.5 Å². The summed E-state index contributed by atoms with van der Waals surface area (Å²) in [6, 6.07) is 17.5. The average molecular weight is 435 g/mol. The van der Waals surface area contributed by atoms with Crippen molar-refractivity contribution in [3.8, 4) is 5.69 Å². The SMILES string of the molecule is O=c1[nH]c(CCSc2nnc(N3CCOCC3)n2-c2ccccc2)nc2ccccc12. The van der Waals surface area contributed by atoms with E-state index in [1.807, 2.05) is 36.4 Å². The Labute approximate surface area is 183 Å². The van der Waals surface area contributed by atoms with E-state index in [1.54, 1.807) is 17.8 Å². The van der Waals surface area contributed by atoms with Gasteiger partial charge in [0.15, 0.2) is 5.16 Å². The maximum atomic E-state index is 12.3. The number of nitrogens with one attached hydrogen (secondary N) is 1. The normalized spacial score (nSPS) is 14.3. The first kappa shape index (κ1) is 19.8. The molecule has 1 N–H and O–H groups in total. The second kappa shape index (κ2) is 8.91. The number of ether oxygens (including phenoxy) is 1. The Kier molecular flexibility index (Phi) is 5.68. The number of benzene rings is 2. The zero-order valence-corrected chi connectivity index (χ0v) is 17.7. The molecule has 9 heteroatoms. The minimum Gasteiger partial charge on any atom is -0.378 e. The van der Waals surface area contributed by atoms with Crippen LogP contribution < -0.4 is 10.5 Å². The highest BCUT2D eigenvalue weighted by Crippen LogP contribution is 2.27. The van der Waals surface area contributed by atoms with E-state index in [2.05, 4.69) is 41.8 Å². The molecule has 8 nitrogen and oxygen atoms in total. The number of morpholine rings is 1. The van der Waals surface area contributed by atoms with Crippen molar-refractivity contribution in [2.24, 2.45) is 0 Å². The van der Waals surface area contributed by atoms with Crippen LogP contribution in [0, 0.1) is 0 Å². The van der Waals surface area contributed by atoms with Crippen LogP contribution in [-0.2, 0) is 11.2 Å². The summed E-state index contributed by atoms with van der Waals surface area (Å²) in [6.07, 6.45) is 0.624. The van der Waals surface area contributed by atoms with Gasteiger partial charge in [-0.3, -0.25) is 9.36 Å². The Bertz CT molecular complexity index is 1230. The number of para-hydroxylation sites is 2. The Morgan fingerprint density at radius 3 is 2.61 bits per heavy atom. The van der Waals surface area contributed by atoms with Gasteiger partial charge in [-0.2, -0.15) is 0 Å². The highest BCUT2D eigenvalue weighted by molar-refractivity contribution is 7.99. The van der Waals surface area contributed by atoms with Crippen LogP contribution in [0.4, 0.5) is 5.95 Å². The van der Waals surface area contributed by atoms with Crippen LogP contribution in [0.25, 0.3) is 16.6 Å². The number of H-pyrrole nitrogens is 1. The van der Waals surface area contributed by atoms with Crippen LogP contribution in [0.2, 0.25) is 0 Å². The van der Waals surface area contributed by atoms with Gasteiger partial charge in [-0.05, 0) is 24.3 Å². The van der Waals surface area contributed by atoms with Crippen molar-refractivity contribution in [1.29, 1.82) is 0 Å². The fourth-order valence-electron chi connectivity index (χ4n) is 3.62. The maximum Gasteiger partial charge on any atom is 0.258 e. The van der Waals surface area contributed by atoms with Gasteiger partial charge < -0.3 is 14.6 Å². The van der Waals surface area contributed by atoms with Gasteiger partial charge in [0.05, 0.1) is 29.8 Å². The van der Waals surface area contributed by atoms with Gasteiger partial charge >= 0.3 is 0 Å². The molecule has 5 rings (SSSR count). The number of fused-ring (bicyclic) bond motifs is 1.